The van der Waals surface area contributed by atoms with Crippen molar-refractivity contribution in [3.05, 3.63) is 16.6 Å². The summed E-state index contributed by atoms with van der Waals surface area (Å²) in [6.45, 7) is 7.22. The fraction of sp³-hybridized carbons (Fsp3) is 0.769. The Kier molecular flexibility index (Phi) is 3.45. The maximum atomic E-state index is 4.43. The lowest BCUT2D eigenvalue weighted by molar-refractivity contribution is 0.0437. The van der Waals surface area contributed by atoms with Crippen molar-refractivity contribution in [3.8, 4) is 0 Å². The van der Waals surface area contributed by atoms with E-state index in [4.69, 9.17) is 0 Å². The molecule has 2 aliphatic heterocycles. The molecule has 3 nitrogen and oxygen atoms in total. The van der Waals surface area contributed by atoms with Crippen LogP contribution in [-0.4, -0.2) is 46.5 Å². The summed E-state index contributed by atoms with van der Waals surface area (Å²) in [5, 5.41) is 3.36. The van der Waals surface area contributed by atoms with Crippen LogP contribution in [0, 0.1) is 0 Å². The molecule has 3 heterocycles. The maximum absolute atomic E-state index is 4.43. The Morgan fingerprint density at radius 2 is 2.41 bits per heavy atom. The van der Waals surface area contributed by atoms with Crippen molar-refractivity contribution in [2.45, 2.75) is 44.8 Å². The SMILES string of the molecule is CCC1CN2CCCC2CN1Cc1nccs1. The normalized spacial score (nSPS) is 30.6. The number of rotatable bonds is 3. The van der Waals surface area contributed by atoms with Crippen LogP contribution >= 0.6 is 11.3 Å². The molecule has 2 saturated heterocycles. The maximum Gasteiger partial charge on any atom is 0.107 e. The molecule has 0 saturated carbocycles. The van der Waals surface area contributed by atoms with Gasteiger partial charge < -0.3 is 0 Å². The number of fused-ring (bicyclic) bond motifs is 1. The highest BCUT2D eigenvalue weighted by molar-refractivity contribution is 7.09. The first-order valence-electron chi connectivity index (χ1n) is 6.73. The lowest BCUT2D eigenvalue weighted by Crippen LogP contribution is -2.55. The average molecular weight is 251 g/mol. The molecule has 0 radical (unpaired) electrons. The number of nitrogens with zero attached hydrogens (tertiary/aromatic N) is 3. The van der Waals surface area contributed by atoms with E-state index in [2.05, 4.69) is 27.1 Å². The summed E-state index contributed by atoms with van der Waals surface area (Å²) in [6.07, 6.45) is 5.97. The second kappa shape index (κ2) is 5.04. The van der Waals surface area contributed by atoms with Crippen LogP contribution in [0.3, 0.4) is 0 Å². The number of thiazole rings is 1. The largest absolute Gasteiger partial charge is 0.298 e. The van der Waals surface area contributed by atoms with Crippen molar-refractivity contribution in [2.75, 3.05) is 19.6 Å². The summed E-state index contributed by atoms with van der Waals surface area (Å²) in [5.74, 6) is 0. The molecule has 2 aliphatic rings. The van der Waals surface area contributed by atoms with Crippen molar-refractivity contribution in [2.24, 2.45) is 0 Å². The van der Waals surface area contributed by atoms with Gasteiger partial charge >= 0.3 is 0 Å². The molecule has 0 amide bonds. The number of hydrogen-bond donors (Lipinski definition) is 0. The number of aromatic nitrogens is 1. The minimum Gasteiger partial charge on any atom is -0.298 e. The fourth-order valence-corrected chi connectivity index (χ4v) is 3.87. The zero-order valence-corrected chi connectivity index (χ0v) is 11.3. The van der Waals surface area contributed by atoms with Gasteiger partial charge in [0.1, 0.15) is 5.01 Å². The summed E-state index contributed by atoms with van der Waals surface area (Å²) in [6, 6.07) is 1.55. The first-order valence-corrected chi connectivity index (χ1v) is 7.61. The van der Waals surface area contributed by atoms with Crippen LogP contribution in [0.15, 0.2) is 11.6 Å². The van der Waals surface area contributed by atoms with Gasteiger partial charge in [0, 0.05) is 36.8 Å². The van der Waals surface area contributed by atoms with Crippen LogP contribution < -0.4 is 0 Å². The molecule has 1 aromatic heterocycles. The van der Waals surface area contributed by atoms with E-state index in [0.29, 0.717) is 0 Å². The topological polar surface area (TPSA) is 19.4 Å². The van der Waals surface area contributed by atoms with Crippen molar-refractivity contribution in [3.63, 3.8) is 0 Å². The molecule has 0 aliphatic carbocycles. The summed E-state index contributed by atoms with van der Waals surface area (Å²) >= 11 is 1.79. The van der Waals surface area contributed by atoms with Gasteiger partial charge in [0.25, 0.3) is 0 Å². The third kappa shape index (κ3) is 2.39. The van der Waals surface area contributed by atoms with Crippen LogP contribution in [-0.2, 0) is 6.54 Å². The van der Waals surface area contributed by atoms with E-state index in [9.17, 15) is 0 Å². The van der Waals surface area contributed by atoms with Crippen LogP contribution in [0.4, 0.5) is 0 Å². The van der Waals surface area contributed by atoms with E-state index >= 15 is 0 Å². The molecule has 2 atom stereocenters. The summed E-state index contributed by atoms with van der Waals surface area (Å²) in [4.78, 5) is 9.79. The van der Waals surface area contributed by atoms with Crippen molar-refractivity contribution in [1.29, 1.82) is 0 Å². The van der Waals surface area contributed by atoms with E-state index in [1.165, 1.54) is 43.9 Å². The van der Waals surface area contributed by atoms with Gasteiger partial charge in [-0.1, -0.05) is 6.92 Å². The van der Waals surface area contributed by atoms with E-state index < -0.39 is 0 Å². The molecule has 1 aromatic rings. The van der Waals surface area contributed by atoms with Crippen LogP contribution in [0.5, 0.6) is 0 Å². The van der Waals surface area contributed by atoms with E-state index in [1.807, 2.05) is 6.20 Å². The molecule has 0 aromatic carbocycles. The first-order chi connectivity index (χ1) is 8.36. The predicted molar refractivity (Wildman–Crippen MR) is 71.2 cm³/mol. The smallest absolute Gasteiger partial charge is 0.107 e. The Labute approximate surface area is 107 Å². The lowest BCUT2D eigenvalue weighted by atomic mass is 10.1. The molecule has 17 heavy (non-hydrogen) atoms. The van der Waals surface area contributed by atoms with Gasteiger partial charge in [0.2, 0.25) is 0 Å². The zero-order chi connectivity index (χ0) is 11.7. The molecular weight excluding hydrogens is 230 g/mol. The molecule has 0 N–H and O–H groups in total. The molecule has 2 fully saturated rings. The highest BCUT2D eigenvalue weighted by Crippen LogP contribution is 2.27. The Balaban J connectivity index is 1.69. The number of piperazine rings is 1. The van der Waals surface area contributed by atoms with Crippen molar-refractivity contribution >= 4 is 11.3 Å². The molecule has 4 heteroatoms. The Bertz CT molecular complexity index is 352. The molecular formula is C13H21N3S. The Hall–Kier alpha value is -0.450. The monoisotopic (exact) mass is 251 g/mol. The van der Waals surface area contributed by atoms with Gasteiger partial charge in [-0.2, -0.15) is 0 Å². The van der Waals surface area contributed by atoms with E-state index in [1.54, 1.807) is 11.3 Å². The predicted octanol–water partition coefficient (Wildman–Crippen LogP) is 2.20. The van der Waals surface area contributed by atoms with Crippen LogP contribution in [0.2, 0.25) is 0 Å². The Morgan fingerprint density at radius 3 is 3.18 bits per heavy atom. The summed E-state index contributed by atoms with van der Waals surface area (Å²) in [7, 11) is 0. The van der Waals surface area contributed by atoms with Gasteiger partial charge in [-0.25, -0.2) is 4.98 Å². The molecule has 3 rings (SSSR count). The molecule has 94 valence electrons. The molecule has 0 spiro atoms. The minimum absolute atomic E-state index is 0.730. The van der Waals surface area contributed by atoms with Crippen LogP contribution in [0.1, 0.15) is 31.2 Å². The van der Waals surface area contributed by atoms with Gasteiger partial charge in [0.15, 0.2) is 0 Å². The molecule has 0 bridgehead atoms. The number of hydrogen-bond acceptors (Lipinski definition) is 4. The standard InChI is InChI=1S/C13H21N3S/c1-2-11-8-15-6-3-4-12(15)9-16(11)10-13-14-5-7-17-13/h5,7,11-12H,2-4,6,8-10H2,1H3. The van der Waals surface area contributed by atoms with Gasteiger partial charge in [0.05, 0.1) is 6.54 Å². The minimum atomic E-state index is 0.730. The van der Waals surface area contributed by atoms with Gasteiger partial charge in [-0.15, -0.1) is 11.3 Å². The summed E-state index contributed by atoms with van der Waals surface area (Å²) < 4.78 is 0. The van der Waals surface area contributed by atoms with Crippen molar-refractivity contribution < 1.29 is 0 Å². The van der Waals surface area contributed by atoms with E-state index in [0.717, 1.165) is 18.6 Å². The third-order valence-electron chi connectivity index (χ3n) is 4.20. The fourth-order valence-electron chi connectivity index (χ4n) is 3.23. The first kappa shape index (κ1) is 11.6. The van der Waals surface area contributed by atoms with Gasteiger partial charge in [-0.05, 0) is 25.8 Å². The van der Waals surface area contributed by atoms with E-state index in [-0.39, 0.29) is 0 Å². The second-order valence-electron chi connectivity index (χ2n) is 5.21. The second-order valence-corrected chi connectivity index (χ2v) is 6.19. The lowest BCUT2D eigenvalue weighted by Gasteiger charge is -2.43. The van der Waals surface area contributed by atoms with Crippen molar-refractivity contribution in [1.82, 2.24) is 14.8 Å². The third-order valence-corrected chi connectivity index (χ3v) is 4.96. The van der Waals surface area contributed by atoms with Gasteiger partial charge in [-0.3, -0.25) is 9.80 Å². The van der Waals surface area contributed by atoms with Crippen LogP contribution in [0.25, 0.3) is 0 Å². The Morgan fingerprint density at radius 1 is 1.47 bits per heavy atom. The molecule has 2 unspecified atom stereocenters. The highest BCUT2D eigenvalue weighted by atomic mass is 32.1. The highest BCUT2D eigenvalue weighted by Gasteiger charge is 2.35. The average Bonchev–Trinajstić information content (AvgIpc) is 2.98. The summed E-state index contributed by atoms with van der Waals surface area (Å²) in [5.41, 5.74) is 0. The zero-order valence-electron chi connectivity index (χ0n) is 10.5. The quantitative estimate of drug-likeness (QED) is 0.821.